The van der Waals surface area contributed by atoms with Gasteiger partial charge in [0, 0.05) is 0 Å². The fourth-order valence-electron chi connectivity index (χ4n) is 1.77. The largest absolute Gasteiger partial charge is 0.480 e. The molecule has 0 aromatic heterocycles. The minimum Gasteiger partial charge on any atom is -0.480 e. The molecule has 1 aromatic carbocycles. The molecule has 0 radical (unpaired) electrons. The predicted octanol–water partition coefficient (Wildman–Crippen LogP) is 2.10. The average Bonchev–Trinajstić information content (AvgIpc) is 2.41. The van der Waals surface area contributed by atoms with E-state index in [1.165, 1.54) is 18.2 Å². The molecule has 1 aromatic rings. The molecule has 122 valence electrons. The van der Waals surface area contributed by atoms with Crippen molar-refractivity contribution in [3.63, 3.8) is 0 Å². The summed E-state index contributed by atoms with van der Waals surface area (Å²) in [6, 6.07) is 4.45. The van der Waals surface area contributed by atoms with E-state index < -0.39 is 27.9 Å². The zero-order chi connectivity index (χ0) is 16.8. The molecule has 0 aliphatic carbocycles. The van der Waals surface area contributed by atoms with Crippen molar-refractivity contribution >= 4 is 16.0 Å². The highest BCUT2D eigenvalue weighted by atomic mass is 32.2. The molecular formula is C15H20FNO4S. The number of halogens is 1. The molecule has 0 aliphatic rings. The Kier molecular flexibility index (Phi) is 6.70. The van der Waals surface area contributed by atoms with Gasteiger partial charge in [0.2, 0.25) is 10.0 Å². The summed E-state index contributed by atoms with van der Waals surface area (Å²) >= 11 is 0. The summed E-state index contributed by atoms with van der Waals surface area (Å²) in [5, 5.41) is 9.07. The van der Waals surface area contributed by atoms with Crippen LogP contribution >= 0.6 is 0 Å². The van der Waals surface area contributed by atoms with Crippen LogP contribution in [-0.4, -0.2) is 31.3 Å². The number of aryl methyl sites for hydroxylation is 1. The SMILES string of the molecule is CC(C)=CCC(NS(=O)(=O)CCc1cccc(F)c1)C(=O)O. The van der Waals surface area contributed by atoms with E-state index in [1.807, 2.05) is 0 Å². The van der Waals surface area contributed by atoms with Crippen molar-refractivity contribution in [2.45, 2.75) is 32.7 Å². The Morgan fingerprint density at radius 2 is 2.09 bits per heavy atom. The highest BCUT2D eigenvalue weighted by molar-refractivity contribution is 7.89. The van der Waals surface area contributed by atoms with E-state index in [2.05, 4.69) is 4.72 Å². The topological polar surface area (TPSA) is 83.5 Å². The summed E-state index contributed by atoms with van der Waals surface area (Å²) in [4.78, 5) is 11.1. The van der Waals surface area contributed by atoms with Crippen LogP contribution in [-0.2, 0) is 21.2 Å². The molecule has 1 rings (SSSR count). The van der Waals surface area contributed by atoms with Crippen LogP contribution in [0.2, 0.25) is 0 Å². The summed E-state index contributed by atoms with van der Waals surface area (Å²) in [7, 11) is -3.77. The average molecular weight is 329 g/mol. The van der Waals surface area contributed by atoms with Gasteiger partial charge in [-0.1, -0.05) is 23.8 Å². The van der Waals surface area contributed by atoms with Gasteiger partial charge in [-0.25, -0.2) is 17.5 Å². The first-order chi connectivity index (χ1) is 10.2. The third-order valence-corrected chi connectivity index (χ3v) is 4.32. The molecule has 5 nitrogen and oxygen atoms in total. The Bertz CT molecular complexity index is 651. The van der Waals surface area contributed by atoms with Crippen LogP contribution in [0.3, 0.4) is 0 Å². The third kappa shape index (κ3) is 6.82. The first-order valence-corrected chi connectivity index (χ1v) is 8.45. The Morgan fingerprint density at radius 1 is 1.41 bits per heavy atom. The van der Waals surface area contributed by atoms with Crippen molar-refractivity contribution in [1.82, 2.24) is 4.72 Å². The lowest BCUT2D eigenvalue weighted by Crippen LogP contribution is -2.41. The number of aliphatic carboxylic acids is 1. The molecule has 22 heavy (non-hydrogen) atoms. The summed E-state index contributed by atoms with van der Waals surface area (Å²) in [5.74, 6) is -1.96. The molecule has 1 unspecified atom stereocenters. The Morgan fingerprint density at radius 3 is 2.64 bits per heavy atom. The molecular weight excluding hydrogens is 309 g/mol. The number of allylic oxidation sites excluding steroid dienone is 1. The summed E-state index contributed by atoms with van der Waals surface area (Å²) in [6.07, 6.45) is 1.85. The van der Waals surface area contributed by atoms with Crippen molar-refractivity contribution in [2.24, 2.45) is 0 Å². The quantitative estimate of drug-likeness (QED) is 0.716. The van der Waals surface area contributed by atoms with Gasteiger partial charge in [-0.3, -0.25) is 4.79 Å². The monoisotopic (exact) mass is 329 g/mol. The van der Waals surface area contributed by atoms with Crippen LogP contribution in [0.1, 0.15) is 25.8 Å². The number of carboxylic acid groups (broad SMARTS) is 1. The lowest BCUT2D eigenvalue weighted by atomic mass is 10.2. The predicted molar refractivity (Wildman–Crippen MR) is 82.5 cm³/mol. The van der Waals surface area contributed by atoms with E-state index in [9.17, 15) is 17.6 Å². The van der Waals surface area contributed by atoms with Crippen molar-refractivity contribution in [3.8, 4) is 0 Å². The zero-order valence-electron chi connectivity index (χ0n) is 12.5. The highest BCUT2D eigenvalue weighted by Crippen LogP contribution is 2.07. The Labute approximate surface area is 129 Å². The third-order valence-electron chi connectivity index (χ3n) is 2.93. The summed E-state index contributed by atoms with van der Waals surface area (Å²) < 4.78 is 39.1. The van der Waals surface area contributed by atoms with Crippen molar-refractivity contribution < 1.29 is 22.7 Å². The molecule has 0 heterocycles. The number of carboxylic acids is 1. The standard InChI is InChI=1S/C15H20FNO4S/c1-11(2)6-7-14(15(18)19)17-22(20,21)9-8-12-4-3-5-13(16)10-12/h3-6,10,14,17H,7-9H2,1-2H3,(H,18,19). The maximum absolute atomic E-state index is 13.0. The van der Waals surface area contributed by atoms with Crippen molar-refractivity contribution in [3.05, 3.63) is 47.3 Å². The molecule has 0 bridgehead atoms. The number of carbonyl (C=O) groups is 1. The smallest absolute Gasteiger partial charge is 0.322 e. The lowest BCUT2D eigenvalue weighted by molar-refractivity contribution is -0.138. The van der Waals surface area contributed by atoms with Crippen LogP contribution in [0.4, 0.5) is 4.39 Å². The number of nitrogens with one attached hydrogen (secondary N) is 1. The van der Waals surface area contributed by atoms with E-state index in [-0.39, 0.29) is 18.6 Å². The molecule has 0 amide bonds. The minimum atomic E-state index is -3.77. The summed E-state index contributed by atoms with van der Waals surface area (Å²) in [5.41, 5.74) is 1.45. The van der Waals surface area contributed by atoms with Gasteiger partial charge in [0.1, 0.15) is 11.9 Å². The first kappa shape index (κ1) is 18.3. The molecule has 0 spiro atoms. The Balaban J connectivity index is 2.68. The van der Waals surface area contributed by atoms with E-state index in [1.54, 1.807) is 26.0 Å². The molecule has 1 atom stereocenters. The van der Waals surface area contributed by atoms with E-state index >= 15 is 0 Å². The fourth-order valence-corrected chi connectivity index (χ4v) is 3.03. The van der Waals surface area contributed by atoms with Gasteiger partial charge < -0.3 is 5.11 Å². The Hall–Kier alpha value is -1.73. The normalized spacial score (nSPS) is 12.7. The molecule has 0 aliphatic heterocycles. The van der Waals surface area contributed by atoms with Gasteiger partial charge in [-0.05, 0) is 44.4 Å². The van der Waals surface area contributed by atoms with Gasteiger partial charge >= 0.3 is 5.97 Å². The van der Waals surface area contributed by atoms with Crippen LogP contribution in [0, 0.1) is 5.82 Å². The molecule has 0 saturated heterocycles. The van der Waals surface area contributed by atoms with Crippen molar-refractivity contribution in [2.75, 3.05) is 5.75 Å². The van der Waals surface area contributed by atoms with Crippen LogP contribution in [0.15, 0.2) is 35.9 Å². The van der Waals surface area contributed by atoms with Gasteiger partial charge in [0.05, 0.1) is 5.75 Å². The molecule has 0 saturated carbocycles. The van der Waals surface area contributed by atoms with Crippen LogP contribution < -0.4 is 4.72 Å². The maximum atomic E-state index is 13.0. The van der Waals surface area contributed by atoms with E-state index in [4.69, 9.17) is 5.11 Å². The summed E-state index contributed by atoms with van der Waals surface area (Å²) in [6.45, 7) is 3.61. The van der Waals surface area contributed by atoms with Crippen molar-refractivity contribution in [1.29, 1.82) is 0 Å². The lowest BCUT2D eigenvalue weighted by Gasteiger charge is -2.13. The maximum Gasteiger partial charge on any atom is 0.322 e. The van der Waals surface area contributed by atoms with Crippen LogP contribution in [0.25, 0.3) is 0 Å². The first-order valence-electron chi connectivity index (χ1n) is 6.80. The number of benzene rings is 1. The second-order valence-corrected chi connectivity index (χ2v) is 7.10. The highest BCUT2D eigenvalue weighted by Gasteiger charge is 2.22. The van der Waals surface area contributed by atoms with Gasteiger partial charge in [0.25, 0.3) is 0 Å². The van der Waals surface area contributed by atoms with Gasteiger partial charge in [-0.15, -0.1) is 0 Å². The number of hydrogen-bond acceptors (Lipinski definition) is 3. The van der Waals surface area contributed by atoms with E-state index in [0.717, 1.165) is 5.57 Å². The zero-order valence-corrected chi connectivity index (χ0v) is 13.4. The second-order valence-electron chi connectivity index (χ2n) is 5.22. The van der Waals surface area contributed by atoms with Crippen LogP contribution in [0.5, 0.6) is 0 Å². The molecule has 2 N–H and O–H groups in total. The van der Waals surface area contributed by atoms with E-state index in [0.29, 0.717) is 5.56 Å². The number of sulfonamides is 1. The second kappa shape index (κ2) is 8.05. The molecule has 7 heteroatoms. The van der Waals surface area contributed by atoms with Gasteiger partial charge in [0.15, 0.2) is 0 Å². The number of rotatable bonds is 8. The van der Waals surface area contributed by atoms with Gasteiger partial charge in [-0.2, -0.15) is 0 Å². The minimum absolute atomic E-state index is 0.0802. The number of hydrogen-bond donors (Lipinski definition) is 2. The molecule has 0 fully saturated rings. The fraction of sp³-hybridized carbons (Fsp3) is 0.400.